The first-order valence-corrected chi connectivity index (χ1v) is 7.50. The topological polar surface area (TPSA) is 61.4 Å². The number of aliphatic hydroxyl groups excluding tert-OH is 1. The van der Waals surface area contributed by atoms with Crippen molar-refractivity contribution in [1.82, 2.24) is 10.9 Å². The Kier molecular flexibility index (Phi) is 5.14. The van der Waals surface area contributed by atoms with Crippen molar-refractivity contribution in [1.29, 1.82) is 0 Å². The molecule has 4 nitrogen and oxygen atoms in total. The molecule has 1 amide bonds. The van der Waals surface area contributed by atoms with Crippen LogP contribution >= 0.6 is 11.3 Å². The van der Waals surface area contributed by atoms with Crippen molar-refractivity contribution in [2.45, 2.75) is 19.4 Å². The molecule has 2 rings (SSSR count). The van der Waals surface area contributed by atoms with Crippen LogP contribution in [0.15, 0.2) is 49.0 Å². The first-order chi connectivity index (χ1) is 10.1. The lowest BCUT2D eigenvalue weighted by atomic mass is 10.1. The number of carbonyl (C=O) groups is 1. The van der Waals surface area contributed by atoms with Gasteiger partial charge >= 0.3 is 0 Å². The number of amides is 1. The number of hydrogen-bond acceptors (Lipinski definition) is 4. The molecule has 0 fully saturated rings. The van der Waals surface area contributed by atoms with Crippen LogP contribution < -0.4 is 10.9 Å². The van der Waals surface area contributed by atoms with E-state index in [2.05, 4.69) is 24.4 Å². The van der Waals surface area contributed by atoms with Gasteiger partial charge in [0.25, 0.3) is 5.91 Å². The fourth-order valence-electron chi connectivity index (χ4n) is 1.78. The summed E-state index contributed by atoms with van der Waals surface area (Å²) >= 11 is 1.62. The van der Waals surface area contributed by atoms with Gasteiger partial charge in [0.2, 0.25) is 0 Å². The van der Waals surface area contributed by atoms with Gasteiger partial charge in [-0.15, -0.1) is 11.3 Å². The van der Waals surface area contributed by atoms with Gasteiger partial charge in [-0.2, -0.15) is 0 Å². The molecule has 0 saturated heterocycles. The Morgan fingerprint density at radius 1 is 1.24 bits per heavy atom. The van der Waals surface area contributed by atoms with Gasteiger partial charge in [0.15, 0.2) is 6.10 Å². The van der Waals surface area contributed by atoms with Crippen molar-refractivity contribution in [3.05, 3.63) is 64.4 Å². The first-order valence-electron chi connectivity index (χ1n) is 6.68. The van der Waals surface area contributed by atoms with Crippen LogP contribution in [0.1, 0.15) is 28.3 Å². The zero-order chi connectivity index (χ0) is 15.2. The average molecular weight is 302 g/mol. The monoisotopic (exact) mass is 302 g/mol. The predicted octanol–water partition coefficient (Wildman–Crippen LogP) is 2.64. The van der Waals surface area contributed by atoms with E-state index in [1.54, 1.807) is 35.6 Å². The Morgan fingerprint density at radius 2 is 1.95 bits per heavy atom. The summed E-state index contributed by atoms with van der Waals surface area (Å²) in [4.78, 5) is 14.1. The fourth-order valence-corrected chi connectivity index (χ4v) is 2.66. The normalized spacial score (nSPS) is 11.7. The molecular formula is C16H18N2O2S. The lowest BCUT2D eigenvalue weighted by Crippen LogP contribution is -2.39. The maximum atomic E-state index is 11.9. The van der Waals surface area contributed by atoms with E-state index in [4.69, 9.17) is 0 Å². The lowest BCUT2D eigenvalue weighted by Gasteiger charge is -2.14. The van der Waals surface area contributed by atoms with Gasteiger partial charge < -0.3 is 5.11 Å². The molecule has 1 aromatic heterocycles. The van der Waals surface area contributed by atoms with Crippen LogP contribution in [-0.2, 0) is 11.2 Å². The summed E-state index contributed by atoms with van der Waals surface area (Å²) in [5.41, 5.74) is 6.37. The van der Waals surface area contributed by atoms with E-state index in [0.29, 0.717) is 11.3 Å². The minimum atomic E-state index is -1.21. The lowest BCUT2D eigenvalue weighted by molar-refractivity contribution is -0.130. The Balaban J connectivity index is 1.90. The van der Waals surface area contributed by atoms with Crippen molar-refractivity contribution < 1.29 is 9.90 Å². The SMILES string of the molecule is C=C(NNC(=O)C(O)c1ccccc1)c1ccc(CC)s1. The van der Waals surface area contributed by atoms with Gasteiger partial charge in [-0.25, -0.2) is 0 Å². The van der Waals surface area contributed by atoms with Crippen molar-refractivity contribution in [3.8, 4) is 0 Å². The number of aliphatic hydroxyl groups is 1. The Hall–Kier alpha value is -2.11. The minimum absolute atomic E-state index is 0.519. The highest BCUT2D eigenvalue weighted by atomic mass is 32.1. The number of thiophene rings is 1. The summed E-state index contributed by atoms with van der Waals surface area (Å²) in [6.07, 6.45) is -0.238. The molecule has 1 heterocycles. The summed E-state index contributed by atoms with van der Waals surface area (Å²) in [5.74, 6) is -0.519. The third kappa shape index (κ3) is 3.93. The fraction of sp³-hybridized carbons (Fsp3) is 0.188. The summed E-state index contributed by atoms with van der Waals surface area (Å²) in [7, 11) is 0. The maximum absolute atomic E-state index is 11.9. The predicted molar refractivity (Wildman–Crippen MR) is 85.4 cm³/mol. The number of aryl methyl sites for hydroxylation is 1. The highest BCUT2D eigenvalue weighted by Gasteiger charge is 2.16. The Labute approximate surface area is 128 Å². The molecule has 0 bridgehead atoms. The molecular weight excluding hydrogens is 284 g/mol. The van der Waals surface area contributed by atoms with E-state index in [9.17, 15) is 9.90 Å². The summed E-state index contributed by atoms with van der Waals surface area (Å²) in [6, 6.07) is 12.8. The van der Waals surface area contributed by atoms with Gasteiger partial charge in [-0.1, -0.05) is 43.8 Å². The average Bonchev–Trinajstić information content (AvgIpc) is 3.01. The molecule has 0 spiro atoms. The standard InChI is InChI=1S/C16H18N2O2S/c1-3-13-9-10-14(21-13)11(2)17-18-16(20)15(19)12-7-5-4-6-8-12/h4-10,15,17,19H,2-3H2,1H3,(H,18,20). The summed E-state index contributed by atoms with van der Waals surface area (Å²) < 4.78 is 0. The Morgan fingerprint density at radius 3 is 2.57 bits per heavy atom. The molecule has 5 heteroatoms. The molecule has 0 aliphatic heterocycles. The highest BCUT2D eigenvalue weighted by molar-refractivity contribution is 7.13. The van der Waals surface area contributed by atoms with Crippen LogP contribution in [-0.4, -0.2) is 11.0 Å². The van der Waals surface area contributed by atoms with Crippen molar-refractivity contribution >= 4 is 22.9 Å². The van der Waals surface area contributed by atoms with Crippen molar-refractivity contribution in [2.24, 2.45) is 0 Å². The number of hydrogen-bond donors (Lipinski definition) is 3. The highest BCUT2D eigenvalue weighted by Crippen LogP contribution is 2.21. The zero-order valence-corrected chi connectivity index (χ0v) is 12.6. The van der Waals surface area contributed by atoms with E-state index in [1.165, 1.54) is 4.88 Å². The molecule has 3 N–H and O–H groups in total. The second-order valence-electron chi connectivity index (χ2n) is 4.53. The molecule has 1 atom stereocenters. The number of carbonyl (C=O) groups excluding carboxylic acids is 1. The third-order valence-electron chi connectivity index (χ3n) is 3.01. The van der Waals surface area contributed by atoms with E-state index < -0.39 is 12.0 Å². The van der Waals surface area contributed by atoms with Gasteiger partial charge in [0.1, 0.15) is 0 Å². The molecule has 0 aliphatic rings. The van der Waals surface area contributed by atoms with Gasteiger partial charge in [0, 0.05) is 4.88 Å². The quantitative estimate of drug-likeness (QED) is 0.719. The van der Waals surface area contributed by atoms with Crippen molar-refractivity contribution in [2.75, 3.05) is 0 Å². The van der Waals surface area contributed by atoms with Gasteiger partial charge in [0.05, 0.1) is 10.6 Å². The van der Waals surface area contributed by atoms with Gasteiger partial charge in [-0.3, -0.25) is 15.6 Å². The second-order valence-corrected chi connectivity index (χ2v) is 5.69. The number of rotatable bonds is 6. The van der Waals surface area contributed by atoms with Crippen LogP contribution in [0.5, 0.6) is 0 Å². The largest absolute Gasteiger partial charge is 0.378 e. The molecule has 21 heavy (non-hydrogen) atoms. The molecule has 110 valence electrons. The van der Waals surface area contributed by atoms with E-state index >= 15 is 0 Å². The summed E-state index contributed by atoms with van der Waals surface area (Å²) in [6.45, 7) is 5.97. The van der Waals surface area contributed by atoms with Crippen molar-refractivity contribution in [3.63, 3.8) is 0 Å². The molecule has 0 aliphatic carbocycles. The Bertz CT molecular complexity index is 622. The first kappa shape index (κ1) is 15.3. The minimum Gasteiger partial charge on any atom is -0.378 e. The molecule has 1 aromatic carbocycles. The van der Waals surface area contributed by atoms with Crippen LogP contribution in [0.3, 0.4) is 0 Å². The number of benzene rings is 1. The van der Waals surface area contributed by atoms with Crippen LogP contribution in [0, 0.1) is 0 Å². The smallest absolute Gasteiger partial charge is 0.271 e. The van der Waals surface area contributed by atoms with Crippen LogP contribution in [0.25, 0.3) is 5.70 Å². The second kappa shape index (κ2) is 7.06. The van der Waals surface area contributed by atoms with Gasteiger partial charge in [-0.05, 0) is 24.1 Å². The van der Waals surface area contributed by atoms with E-state index in [1.807, 2.05) is 18.2 Å². The molecule has 2 aromatic rings. The third-order valence-corrected chi connectivity index (χ3v) is 4.30. The molecule has 1 unspecified atom stereocenters. The maximum Gasteiger partial charge on any atom is 0.271 e. The van der Waals surface area contributed by atoms with Crippen LogP contribution in [0.4, 0.5) is 0 Å². The van der Waals surface area contributed by atoms with E-state index in [-0.39, 0.29) is 0 Å². The summed E-state index contributed by atoms with van der Waals surface area (Å²) in [5, 5.41) is 9.94. The molecule has 0 saturated carbocycles. The van der Waals surface area contributed by atoms with E-state index in [0.717, 1.165) is 11.3 Å². The zero-order valence-electron chi connectivity index (χ0n) is 11.8. The number of nitrogens with one attached hydrogen (secondary N) is 2. The number of hydrazine groups is 1. The van der Waals surface area contributed by atoms with Crippen LogP contribution in [0.2, 0.25) is 0 Å². The molecule has 0 radical (unpaired) electrons.